The summed E-state index contributed by atoms with van der Waals surface area (Å²) in [7, 11) is 0. The van der Waals surface area contributed by atoms with Gasteiger partial charge in [-0.1, -0.05) is 5.92 Å². The van der Waals surface area contributed by atoms with Crippen LogP contribution in [-0.2, 0) is 48.2 Å². The number of ether oxygens (including phenoxy) is 4. The summed E-state index contributed by atoms with van der Waals surface area (Å²) < 4.78 is 21.1. The van der Waals surface area contributed by atoms with Crippen molar-refractivity contribution in [3.63, 3.8) is 0 Å². The molecule has 1 aromatic heterocycles. The van der Waals surface area contributed by atoms with Gasteiger partial charge in [-0.25, -0.2) is 28.1 Å². The van der Waals surface area contributed by atoms with Crippen molar-refractivity contribution >= 4 is 11.9 Å². The Morgan fingerprint density at radius 3 is 1.64 bits per heavy atom. The van der Waals surface area contributed by atoms with Crippen molar-refractivity contribution < 1.29 is 28.5 Å². The molecule has 2 fully saturated rings. The molecule has 28 heavy (non-hydrogen) atoms. The van der Waals surface area contributed by atoms with Crippen LogP contribution in [0.4, 0.5) is 0 Å². The Kier molecular flexibility index (Phi) is 5.76. The van der Waals surface area contributed by atoms with Gasteiger partial charge in [-0.05, 0) is 0 Å². The Hall–Kier alpha value is -3.17. The smallest absolute Gasteiger partial charge is 0.337 e. The Bertz CT molecular complexity index is 920. The van der Waals surface area contributed by atoms with E-state index in [1.807, 2.05) is 0 Å². The van der Waals surface area contributed by atoms with Crippen molar-refractivity contribution in [3.05, 3.63) is 31.5 Å². The molecular weight excluding hydrogens is 378 g/mol. The molecule has 2 aliphatic heterocycles. The number of rotatable bonds is 9. The van der Waals surface area contributed by atoms with Gasteiger partial charge in [0.15, 0.2) is 0 Å². The van der Waals surface area contributed by atoms with Gasteiger partial charge in [-0.15, -0.1) is 6.42 Å². The molecule has 0 bridgehead atoms. The standard InChI is InChI=1S/C16H17N3O9/c1-2-3-17-14(22)18(4-12(20)27-8-10-6-25-10)16(24)19(15(17)23)5-13(21)28-9-11-7-26-11/h1,10-11H,3-9H2. The van der Waals surface area contributed by atoms with Crippen LogP contribution in [-0.4, -0.2) is 64.3 Å². The van der Waals surface area contributed by atoms with Gasteiger partial charge in [0.25, 0.3) is 0 Å². The van der Waals surface area contributed by atoms with Gasteiger partial charge in [0.1, 0.15) is 38.5 Å². The van der Waals surface area contributed by atoms with Crippen molar-refractivity contribution in [2.75, 3.05) is 26.4 Å². The number of terminal acetylenes is 1. The topological polar surface area (TPSA) is 144 Å². The first kappa shape index (κ1) is 19.6. The SMILES string of the molecule is C#CCn1c(=O)n(CC(=O)OCC2CO2)c(=O)n(CC(=O)OCC2CO2)c1=O. The van der Waals surface area contributed by atoms with Gasteiger partial charge in [0.05, 0.1) is 19.8 Å². The maximum Gasteiger partial charge on any atom is 0.337 e. The summed E-state index contributed by atoms with van der Waals surface area (Å²) in [6.45, 7) is -1.06. The quantitative estimate of drug-likeness (QED) is 0.238. The summed E-state index contributed by atoms with van der Waals surface area (Å²) in [5, 5.41) is 0. The second-order valence-corrected chi connectivity index (χ2v) is 6.09. The van der Waals surface area contributed by atoms with E-state index in [4.69, 9.17) is 25.4 Å². The third-order valence-electron chi connectivity index (χ3n) is 3.87. The molecule has 0 amide bonds. The van der Waals surface area contributed by atoms with E-state index >= 15 is 0 Å². The number of carbonyl (C=O) groups is 2. The molecule has 0 N–H and O–H groups in total. The van der Waals surface area contributed by atoms with Gasteiger partial charge in [0, 0.05) is 0 Å². The Labute approximate surface area is 157 Å². The number of epoxide rings is 2. The van der Waals surface area contributed by atoms with Crippen LogP contribution in [0.15, 0.2) is 14.4 Å². The van der Waals surface area contributed by atoms with E-state index in [-0.39, 0.29) is 25.4 Å². The lowest BCUT2D eigenvalue weighted by atomic mass is 10.5. The first-order valence-electron chi connectivity index (χ1n) is 8.33. The minimum Gasteiger partial charge on any atom is -0.461 e. The van der Waals surface area contributed by atoms with Gasteiger partial charge in [-0.2, -0.15) is 0 Å². The van der Waals surface area contributed by atoms with Crippen LogP contribution >= 0.6 is 0 Å². The Morgan fingerprint density at radius 1 is 0.893 bits per heavy atom. The van der Waals surface area contributed by atoms with Crippen LogP contribution in [0.2, 0.25) is 0 Å². The predicted molar refractivity (Wildman–Crippen MR) is 89.5 cm³/mol. The van der Waals surface area contributed by atoms with E-state index in [0.29, 0.717) is 26.9 Å². The van der Waals surface area contributed by atoms with Gasteiger partial charge >= 0.3 is 29.0 Å². The molecule has 2 atom stereocenters. The largest absolute Gasteiger partial charge is 0.461 e. The number of nitrogens with zero attached hydrogens (tertiary/aromatic N) is 3. The van der Waals surface area contributed by atoms with Crippen molar-refractivity contribution in [2.45, 2.75) is 31.8 Å². The van der Waals surface area contributed by atoms with Crippen LogP contribution in [0.25, 0.3) is 0 Å². The summed E-state index contributed by atoms with van der Waals surface area (Å²) in [6.07, 6.45) is 4.77. The molecule has 2 saturated heterocycles. The van der Waals surface area contributed by atoms with Crippen molar-refractivity contribution in [2.24, 2.45) is 0 Å². The zero-order valence-electron chi connectivity index (χ0n) is 14.7. The molecule has 0 aliphatic carbocycles. The minimum atomic E-state index is -1.15. The van der Waals surface area contributed by atoms with Crippen molar-refractivity contribution in [3.8, 4) is 12.3 Å². The second-order valence-electron chi connectivity index (χ2n) is 6.09. The normalized spacial score (nSPS) is 19.5. The molecule has 1 aromatic rings. The third-order valence-corrected chi connectivity index (χ3v) is 3.87. The first-order chi connectivity index (χ1) is 13.4. The van der Waals surface area contributed by atoms with Crippen LogP contribution in [0.5, 0.6) is 0 Å². The molecule has 0 spiro atoms. The molecule has 150 valence electrons. The fraction of sp³-hybridized carbons (Fsp3) is 0.562. The summed E-state index contributed by atoms with van der Waals surface area (Å²) in [6, 6.07) is 0. The third kappa shape index (κ3) is 4.76. The highest BCUT2D eigenvalue weighted by Gasteiger charge is 2.26. The number of aromatic nitrogens is 3. The molecule has 0 radical (unpaired) electrons. The molecule has 2 aliphatic rings. The van der Waals surface area contributed by atoms with Gasteiger partial charge < -0.3 is 18.9 Å². The molecule has 0 aromatic carbocycles. The Balaban J connectivity index is 1.85. The first-order valence-corrected chi connectivity index (χ1v) is 8.33. The highest BCUT2D eigenvalue weighted by Crippen LogP contribution is 2.09. The average molecular weight is 395 g/mol. The number of carbonyl (C=O) groups excluding carboxylic acids is 2. The van der Waals surface area contributed by atoms with Crippen LogP contribution < -0.4 is 17.1 Å². The summed E-state index contributed by atoms with van der Waals surface area (Å²) >= 11 is 0. The molecule has 12 heteroatoms. The average Bonchev–Trinajstić information content (AvgIpc) is 3.56. The van der Waals surface area contributed by atoms with Crippen molar-refractivity contribution in [1.82, 2.24) is 13.7 Å². The molecule has 2 unspecified atom stereocenters. The molecular formula is C16H17N3O9. The maximum absolute atomic E-state index is 12.5. The predicted octanol–water partition coefficient (Wildman–Crippen LogP) is -3.31. The lowest BCUT2D eigenvalue weighted by molar-refractivity contribution is -0.145. The fourth-order valence-corrected chi connectivity index (χ4v) is 2.23. The van der Waals surface area contributed by atoms with Crippen LogP contribution in [0, 0.1) is 12.3 Å². The van der Waals surface area contributed by atoms with E-state index in [1.165, 1.54) is 0 Å². The van der Waals surface area contributed by atoms with E-state index in [1.54, 1.807) is 0 Å². The molecule has 12 nitrogen and oxygen atoms in total. The molecule has 3 heterocycles. The number of hydrogen-bond donors (Lipinski definition) is 0. The maximum atomic E-state index is 12.5. The fourth-order valence-electron chi connectivity index (χ4n) is 2.23. The number of hydrogen-bond acceptors (Lipinski definition) is 9. The summed E-state index contributed by atoms with van der Waals surface area (Å²) in [4.78, 5) is 61.1. The van der Waals surface area contributed by atoms with Crippen molar-refractivity contribution in [1.29, 1.82) is 0 Å². The van der Waals surface area contributed by atoms with E-state index in [9.17, 15) is 24.0 Å². The second kappa shape index (κ2) is 8.24. The van der Waals surface area contributed by atoms with Crippen LogP contribution in [0.1, 0.15) is 0 Å². The number of esters is 2. The minimum absolute atomic E-state index is 0.0126. The molecule has 3 rings (SSSR count). The summed E-state index contributed by atoms with van der Waals surface area (Å²) in [5.74, 6) is 0.363. The monoisotopic (exact) mass is 395 g/mol. The summed E-state index contributed by atoms with van der Waals surface area (Å²) in [5.41, 5.74) is -3.31. The highest BCUT2D eigenvalue weighted by molar-refractivity contribution is 5.69. The zero-order valence-corrected chi connectivity index (χ0v) is 14.7. The van der Waals surface area contributed by atoms with Gasteiger partial charge in [0.2, 0.25) is 0 Å². The van der Waals surface area contributed by atoms with E-state index in [2.05, 4.69) is 5.92 Å². The van der Waals surface area contributed by atoms with E-state index in [0.717, 1.165) is 0 Å². The van der Waals surface area contributed by atoms with Gasteiger partial charge in [-0.3, -0.25) is 9.59 Å². The van der Waals surface area contributed by atoms with E-state index < -0.39 is 48.6 Å². The lowest BCUT2D eigenvalue weighted by Gasteiger charge is -2.12. The van der Waals surface area contributed by atoms with Crippen LogP contribution in [0.3, 0.4) is 0 Å². The highest BCUT2D eigenvalue weighted by atomic mass is 16.6. The lowest BCUT2D eigenvalue weighted by Crippen LogP contribution is -2.56. The molecule has 0 saturated carbocycles. The Morgan fingerprint density at radius 2 is 1.29 bits per heavy atom. The zero-order chi connectivity index (χ0) is 20.3.